The molecule has 1 aromatic heterocycles. The summed E-state index contributed by atoms with van der Waals surface area (Å²) in [5, 5.41) is 25.7. The summed E-state index contributed by atoms with van der Waals surface area (Å²) in [6, 6.07) is 4.12. The van der Waals surface area contributed by atoms with Crippen molar-refractivity contribution in [3.05, 3.63) is 34.2 Å². The maximum Gasteiger partial charge on any atom is 0.279 e. The van der Waals surface area contributed by atoms with Crippen LogP contribution in [0.15, 0.2) is 32.5 Å². The Balaban J connectivity index is 1.69. The third kappa shape index (κ3) is 4.86. The number of hydrogen-bond acceptors (Lipinski definition) is 9. The molecular formula is C15H20BrFN8O4S. The minimum atomic E-state index is -3.57. The Labute approximate surface area is 179 Å². The van der Waals surface area contributed by atoms with E-state index in [1.807, 2.05) is 0 Å². The molecule has 0 saturated carbocycles. The first-order valence-electron chi connectivity index (χ1n) is 8.66. The van der Waals surface area contributed by atoms with Crippen LogP contribution in [0.5, 0.6) is 0 Å². The normalized spacial score (nSPS) is 20.5. The van der Waals surface area contributed by atoms with Crippen molar-refractivity contribution in [1.82, 2.24) is 19.3 Å². The first kappa shape index (κ1) is 22.4. The van der Waals surface area contributed by atoms with Crippen LogP contribution in [-0.2, 0) is 10.2 Å². The number of nitrogens with zero attached hydrogens (tertiary/aromatic N) is 4. The topological polar surface area (TPSA) is 171 Å². The molecule has 6 N–H and O–H groups in total. The quantitative estimate of drug-likeness (QED) is 0.155. The number of nitrogens with two attached hydrogens (primary N) is 1. The zero-order valence-corrected chi connectivity index (χ0v) is 18.2. The Kier molecular flexibility index (Phi) is 6.56. The van der Waals surface area contributed by atoms with E-state index in [4.69, 9.17) is 10.4 Å². The van der Waals surface area contributed by atoms with E-state index >= 15 is 0 Å². The highest BCUT2D eigenvalue weighted by Crippen LogP contribution is 2.24. The molecule has 0 bridgehead atoms. The molecule has 164 valence electrons. The van der Waals surface area contributed by atoms with Crippen molar-refractivity contribution < 1.29 is 22.6 Å². The van der Waals surface area contributed by atoms with E-state index in [-0.39, 0.29) is 41.5 Å². The van der Waals surface area contributed by atoms with Gasteiger partial charge in [0.1, 0.15) is 5.82 Å². The molecule has 0 amide bonds. The van der Waals surface area contributed by atoms with Gasteiger partial charge in [0.2, 0.25) is 11.7 Å². The number of amidine groups is 1. The number of hydrogen-bond donors (Lipinski definition) is 5. The maximum atomic E-state index is 13.4. The molecular weight excluding hydrogens is 487 g/mol. The Hall–Kier alpha value is -2.33. The van der Waals surface area contributed by atoms with Crippen LogP contribution in [0, 0.1) is 5.82 Å². The monoisotopic (exact) mass is 506 g/mol. The molecule has 0 radical (unpaired) electrons. The maximum absolute atomic E-state index is 13.4. The number of nitrogens with one attached hydrogen (secondary N) is 3. The van der Waals surface area contributed by atoms with Gasteiger partial charge in [0.15, 0.2) is 5.69 Å². The lowest BCUT2D eigenvalue weighted by Gasteiger charge is -2.24. The van der Waals surface area contributed by atoms with Gasteiger partial charge in [-0.2, -0.15) is 12.7 Å². The molecule has 1 fully saturated rings. The predicted octanol–water partition coefficient (Wildman–Crippen LogP) is 0.498. The summed E-state index contributed by atoms with van der Waals surface area (Å²) in [4.78, 5) is 0. The molecule has 0 aliphatic carbocycles. The third-order valence-electron chi connectivity index (χ3n) is 4.55. The van der Waals surface area contributed by atoms with E-state index in [1.54, 1.807) is 0 Å². The minimum absolute atomic E-state index is 0.0549. The zero-order valence-electron chi connectivity index (χ0n) is 15.8. The number of rotatable bonds is 7. The summed E-state index contributed by atoms with van der Waals surface area (Å²) < 4.78 is 45.8. The molecule has 2 aromatic rings. The van der Waals surface area contributed by atoms with Crippen LogP contribution in [0.25, 0.3) is 0 Å². The fourth-order valence-electron chi connectivity index (χ4n) is 2.90. The summed E-state index contributed by atoms with van der Waals surface area (Å²) in [7, 11) is -2.24. The van der Waals surface area contributed by atoms with Crippen LogP contribution in [-0.4, -0.2) is 66.3 Å². The van der Waals surface area contributed by atoms with Crippen LogP contribution in [0.4, 0.5) is 15.9 Å². The van der Waals surface area contributed by atoms with Gasteiger partial charge in [-0.25, -0.2) is 13.7 Å². The van der Waals surface area contributed by atoms with Crippen molar-refractivity contribution in [2.75, 3.05) is 37.3 Å². The van der Waals surface area contributed by atoms with Crippen molar-refractivity contribution in [3.63, 3.8) is 0 Å². The second-order valence-corrected chi connectivity index (χ2v) is 9.40. The van der Waals surface area contributed by atoms with E-state index < -0.39 is 21.6 Å². The van der Waals surface area contributed by atoms with Crippen molar-refractivity contribution in [1.29, 1.82) is 0 Å². The molecule has 3 rings (SSSR count). The predicted molar refractivity (Wildman–Crippen MR) is 110 cm³/mol. The average Bonchev–Trinajstić information content (AvgIpc) is 3.35. The van der Waals surface area contributed by atoms with Gasteiger partial charge >= 0.3 is 0 Å². The number of benzene rings is 1. The molecule has 1 aliphatic heterocycles. The van der Waals surface area contributed by atoms with Crippen LogP contribution >= 0.6 is 15.9 Å². The van der Waals surface area contributed by atoms with Gasteiger partial charge < -0.3 is 21.6 Å². The van der Waals surface area contributed by atoms with E-state index in [2.05, 4.69) is 46.8 Å². The average molecular weight is 507 g/mol. The summed E-state index contributed by atoms with van der Waals surface area (Å²) in [6.45, 7) is 0.535. The van der Waals surface area contributed by atoms with Crippen molar-refractivity contribution >= 4 is 43.5 Å². The van der Waals surface area contributed by atoms with Gasteiger partial charge in [0.05, 0.1) is 4.47 Å². The van der Waals surface area contributed by atoms with Crippen molar-refractivity contribution in [3.8, 4) is 0 Å². The van der Waals surface area contributed by atoms with E-state index in [0.717, 1.165) is 0 Å². The largest absolute Gasteiger partial charge is 0.409 e. The van der Waals surface area contributed by atoms with Crippen LogP contribution in [0.2, 0.25) is 0 Å². The summed E-state index contributed by atoms with van der Waals surface area (Å²) in [5.74, 6) is -0.419. The van der Waals surface area contributed by atoms with Gasteiger partial charge in [0.25, 0.3) is 10.2 Å². The molecule has 2 heterocycles. The lowest BCUT2D eigenvalue weighted by molar-refractivity contribution is 0.304. The number of anilines is 2. The number of oxime groups is 1. The summed E-state index contributed by atoms with van der Waals surface area (Å²) in [6.07, 6.45) is 0.421. The molecule has 15 heteroatoms. The van der Waals surface area contributed by atoms with Gasteiger partial charge in [-0.05, 0) is 50.9 Å². The fraction of sp³-hybridized carbons (Fsp3) is 0.400. The van der Waals surface area contributed by atoms with Gasteiger partial charge in [0, 0.05) is 37.9 Å². The highest BCUT2D eigenvalue weighted by molar-refractivity contribution is 9.10. The molecule has 1 atom stereocenters. The lowest BCUT2D eigenvalue weighted by Crippen LogP contribution is -2.50. The lowest BCUT2D eigenvalue weighted by atomic mass is 10.0. The Morgan fingerprint density at radius 2 is 2.27 bits per heavy atom. The second kappa shape index (κ2) is 8.81. The highest BCUT2D eigenvalue weighted by Gasteiger charge is 2.39. The van der Waals surface area contributed by atoms with E-state index in [1.165, 1.54) is 29.6 Å². The number of aromatic nitrogens is 2. The molecule has 30 heavy (non-hydrogen) atoms. The standard InChI is InChI=1S/C15H20BrFN8O4S/c1-19-30(27,28)25-5-4-15(18,8-25)7-20-13-12(23-29-24-13)14(22-26)21-9-2-3-11(17)10(16)6-9/h2-3,6,19,26H,4-5,7-8,18H2,1H3,(H,20,24)(H,21,22). The SMILES string of the molecule is CNS(=O)(=O)N1CCC(N)(CNc2nonc2/C(=N/O)Nc2ccc(F)c(Br)c2)C1. The van der Waals surface area contributed by atoms with Gasteiger partial charge in [-0.3, -0.25) is 0 Å². The Morgan fingerprint density at radius 1 is 1.50 bits per heavy atom. The minimum Gasteiger partial charge on any atom is -0.409 e. The van der Waals surface area contributed by atoms with Crippen LogP contribution < -0.4 is 21.1 Å². The van der Waals surface area contributed by atoms with Crippen LogP contribution in [0.1, 0.15) is 12.1 Å². The molecule has 1 unspecified atom stereocenters. The zero-order chi connectivity index (χ0) is 21.9. The molecule has 1 aromatic carbocycles. The van der Waals surface area contributed by atoms with E-state index in [9.17, 15) is 18.0 Å². The number of halogens is 2. The third-order valence-corrected chi connectivity index (χ3v) is 6.67. The Morgan fingerprint density at radius 3 is 2.93 bits per heavy atom. The van der Waals surface area contributed by atoms with Crippen molar-refractivity contribution in [2.45, 2.75) is 12.0 Å². The summed E-state index contributed by atoms with van der Waals surface area (Å²) in [5.41, 5.74) is 5.94. The van der Waals surface area contributed by atoms with Gasteiger partial charge in [-0.1, -0.05) is 5.16 Å². The van der Waals surface area contributed by atoms with Crippen LogP contribution in [0.3, 0.4) is 0 Å². The molecule has 1 saturated heterocycles. The first-order chi connectivity index (χ1) is 14.2. The van der Waals surface area contributed by atoms with Crippen molar-refractivity contribution in [2.24, 2.45) is 10.9 Å². The Bertz CT molecular complexity index is 1050. The fourth-order valence-corrected chi connectivity index (χ4v) is 4.29. The smallest absolute Gasteiger partial charge is 0.279 e. The molecule has 1 aliphatic rings. The first-order valence-corrected chi connectivity index (χ1v) is 10.9. The summed E-state index contributed by atoms with van der Waals surface area (Å²) >= 11 is 3.07. The molecule has 0 spiro atoms. The van der Waals surface area contributed by atoms with E-state index in [0.29, 0.717) is 12.1 Å². The van der Waals surface area contributed by atoms with Gasteiger partial charge in [-0.15, -0.1) is 0 Å². The highest BCUT2D eigenvalue weighted by atomic mass is 79.9. The molecule has 12 nitrogen and oxygen atoms in total. The second-order valence-electron chi connectivity index (χ2n) is 6.67.